The summed E-state index contributed by atoms with van der Waals surface area (Å²) in [6.07, 6.45) is 9.37. The third-order valence-electron chi connectivity index (χ3n) is 5.01. The maximum absolute atomic E-state index is 5.98. The van der Waals surface area contributed by atoms with Crippen LogP contribution < -0.4 is 5.32 Å². The monoisotopic (exact) mass is 310 g/mol. The fraction of sp³-hybridized carbons (Fsp3) is 0.444. The van der Waals surface area contributed by atoms with Crippen LogP contribution in [0.25, 0.3) is 6.08 Å². The molecule has 0 amide bonds. The van der Waals surface area contributed by atoms with E-state index in [0.29, 0.717) is 6.04 Å². The summed E-state index contributed by atoms with van der Waals surface area (Å²) < 4.78 is 7.98. The van der Waals surface area contributed by atoms with Gasteiger partial charge in [0.05, 0.1) is 18.4 Å². The van der Waals surface area contributed by atoms with E-state index in [1.54, 1.807) is 7.11 Å². The summed E-state index contributed by atoms with van der Waals surface area (Å²) >= 11 is 0. The zero-order valence-electron chi connectivity index (χ0n) is 13.4. The van der Waals surface area contributed by atoms with Crippen LogP contribution in [0, 0.1) is 0 Å². The van der Waals surface area contributed by atoms with Crippen molar-refractivity contribution in [2.75, 3.05) is 13.7 Å². The molecule has 0 radical (unpaired) electrons. The number of fused-ring (bicyclic) bond motifs is 1. The summed E-state index contributed by atoms with van der Waals surface area (Å²) in [5.41, 5.74) is 3.09. The van der Waals surface area contributed by atoms with E-state index >= 15 is 0 Å². The second kappa shape index (κ2) is 5.91. The highest BCUT2D eigenvalue weighted by molar-refractivity contribution is 5.59. The van der Waals surface area contributed by atoms with E-state index in [4.69, 9.17) is 4.74 Å². The SMILES string of the molecule is COC1(c2cnnn2CC2CCCN2)C=Cc2ccccc2C1. The van der Waals surface area contributed by atoms with E-state index in [-0.39, 0.29) is 0 Å². The summed E-state index contributed by atoms with van der Waals surface area (Å²) in [6.45, 7) is 1.94. The molecule has 4 rings (SSSR count). The van der Waals surface area contributed by atoms with E-state index in [1.165, 1.54) is 24.0 Å². The van der Waals surface area contributed by atoms with E-state index < -0.39 is 5.60 Å². The second-order valence-corrected chi connectivity index (χ2v) is 6.40. The van der Waals surface area contributed by atoms with Gasteiger partial charge in [-0.05, 0) is 36.6 Å². The van der Waals surface area contributed by atoms with Crippen LogP contribution in [0.5, 0.6) is 0 Å². The quantitative estimate of drug-likeness (QED) is 0.940. The fourth-order valence-electron chi connectivity index (χ4n) is 3.69. The molecule has 1 aliphatic heterocycles. The normalized spacial score (nSPS) is 26.4. The van der Waals surface area contributed by atoms with Crippen molar-refractivity contribution in [1.82, 2.24) is 20.3 Å². The Balaban J connectivity index is 1.67. The lowest BCUT2D eigenvalue weighted by atomic mass is 9.83. The van der Waals surface area contributed by atoms with Gasteiger partial charge in [-0.15, -0.1) is 5.10 Å². The highest BCUT2D eigenvalue weighted by Gasteiger charge is 2.36. The predicted molar refractivity (Wildman–Crippen MR) is 88.9 cm³/mol. The minimum atomic E-state index is -0.490. The van der Waals surface area contributed by atoms with Crippen molar-refractivity contribution in [3.63, 3.8) is 0 Å². The van der Waals surface area contributed by atoms with Crippen molar-refractivity contribution >= 4 is 6.08 Å². The van der Waals surface area contributed by atoms with Gasteiger partial charge in [-0.3, -0.25) is 0 Å². The Morgan fingerprint density at radius 3 is 3.13 bits per heavy atom. The zero-order valence-corrected chi connectivity index (χ0v) is 13.4. The predicted octanol–water partition coefficient (Wildman–Crippen LogP) is 2.14. The van der Waals surface area contributed by atoms with Gasteiger partial charge in [0.25, 0.3) is 0 Å². The number of nitrogens with zero attached hydrogens (tertiary/aromatic N) is 3. The van der Waals surface area contributed by atoms with Crippen molar-refractivity contribution in [3.8, 4) is 0 Å². The number of nitrogens with one attached hydrogen (secondary N) is 1. The Hall–Kier alpha value is -1.98. The van der Waals surface area contributed by atoms with Crippen LogP contribution in [0.1, 0.15) is 29.7 Å². The number of benzene rings is 1. The topological polar surface area (TPSA) is 52.0 Å². The highest BCUT2D eigenvalue weighted by Crippen LogP contribution is 2.36. The molecule has 0 saturated carbocycles. The first-order chi connectivity index (χ1) is 11.3. The summed E-state index contributed by atoms with van der Waals surface area (Å²) in [5, 5.41) is 12.0. The largest absolute Gasteiger partial charge is 0.367 e. The average Bonchev–Trinajstić information content (AvgIpc) is 3.27. The fourth-order valence-corrected chi connectivity index (χ4v) is 3.69. The maximum atomic E-state index is 5.98. The van der Waals surface area contributed by atoms with Crippen molar-refractivity contribution in [1.29, 1.82) is 0 Å². The van der Waals surface area contributed by atoms with Crippen LogP contribution in [-0.2, 0) is 23.3 Å². The van der Waals surface area contributed by atoms with Crippen LogP contribution in [0.2, 0.25) is 0 Å². The van der Waals surface area contributed by atoms with Gasteiger partial charge >= 0.3 is 0 Å². The van der Waals surface area contributed by atoms with E-state index in [0.717, 1.165) is 25.2 Å². The Bertz CT molecular complexity index is 717. The van der Waals surface area contributed by atoms with Gasteiger partial charge < -0.3 is 10.1 Å². The summed E-state index contributed by atoms with van der Waals surface area (Å²) in [5.74, 6) is 0. The molecule has 2 aliphatic rings. The molecule has 2 unspecified atom stereocenters. The Morgan fingerprint density at radius 1 is 1.39 bits per heavy atom. The van der Waals surface area contributed by atoms with E-state index in [2.05, 4.69) is 52.0 Å². The zero-order chi connectivity index (χ0) is 15.7. The lowest BCUT2D eigenvalue weighted by Crippen LogP contribution is -2.36. The molecule has 1 aromatic heterocycles. The van der Waals surface area contributed by atoms with E-state index in [1.807, 2.05) is 10.9 Å². The molecule has 23 heavy (non-hydrogen) atoms. The lowest BCUT2D eigenvalue weighted by Gasteiger charge is -2.33. The van der Waals surface area contributed by atoms with Crippen molar-refractivity contribution in [3.05, 3.63) is 53.4 Å². The highest BCUT2D eigenvalue weighted by atomic mass is 16.5. The molecular formula is C18H22N4O. The lowest BCUT2D eigenvalue weighted by molar-refractivity contribution is 0.0208. The Kier molecular flexibility index (Phi) is 3.75. The average molecular weight is 310 g/mol. The Labute approximate surface area is 136 Å². The molecule has 2 atom stereocenters. The second-order valence-electron chi connectivity index (χ2n) is 6.40. The minimum absolute atomic E-state index is 0.476. The molecule has 5 heteroatoms. The standard InChI is InChI=1S/C18H22N4O/c1-23-18(9-8-14-5-2-3-6-15(14)11-18)17-12-20-21-22(17)13-16-7-4-10-19-16/h2-3,5-6,8-9,12,16,19H,4,7,10-11,13H2,1H3. The molecule has 0 spiro atoms. The third-order valence-corrected chi connectivity index (χ3v) is 5.01. The smallest absolute Gasteiger partial charge is 0.133 e. The molecule has 2 aromatic rings. The van der Waals surface area contributed by atoms with Crippen molar-refractivity contribution in [2.45, 2.75) is 37.5 Å². The van der Waals surface area contributed by atoms with Gasteiger partial charge in [0.15, 0.2) is 0 Å². The van der Waals surface area contributed by atoms with Crippen LogP contribution in [0.4, 0.5) is 0 Å². The van der Waals surface area contributed by atoms with Gasteiger partial charge in [-0.1, -0.05) is 35.6 Å². The van der Waals surface area contributed by atoms with Crippen LogP contribution in [0.15, 0.2) is 36.5 Å². The molecule has 1 aromatic carbocycles. The molecule has 5 nitrogen and oxygen atoms in total. The van der Waals surface area contributed by atoms with Crippen LogP contribution >= 0.6 is 0 Å². The van der Waals surface area contributed by atoms with Crippen molar-refractivity contribution in [2.24, 2.45) is 0 Å². The van der Waals surface area contributed by atoms with Crippen molar-refractivity contribution < 1.29 is 4.74 Å². The first kappa shape index (κ1) is 14.6. The number of hydrogen-bond acceptors (Lipinski definition) is 4. The molecule has 1 saturated heterocycles. The maximum Gasteiger partial charge on any atom is 0.133 e. The number of hydrogen-bond donors (Lipinski definition) is 1. The Morgan fingerprint density at radius 2 is 2.30 bits per heavy atom. The summed E-state index contributed by atoms with van der Waals surface area (Å²) in [7, 11) is 1.77. The molecule has 120 valence electrons. The van der Waals surface area contributed by atoms with Crippen LogP contribution in [-0.4, -0.2) is 34.7 Å². The first-order valence-electron chi connectivity index (χ1n) is 8.25. The first-order valence-corrected chi connectivity index (χ1v) is 8.25. The van der Waals surface area contributed by atoms with Gasteiger partial charge in [-0.2, -0.15) is 0 Å². The van der Waals surface area contributed by atoms with E-state index in [9.17, 15) is 0 Å². The van der Waals surface area contributed by atoms with Crippen LogP contribution in [0.3, 0.4) is 0 Å². The number of ether oxygens (including phenoxy) is 1. The summed E-state index contributed by atoms with van der Waals surface area (Å²) in [4.78, 5) is 0. The molecule has 1 fully saturated rings. The third kappa shape index (κ3) is 2.60. The molecule has 2 heterocycles. The number of rotatable bonds is 4. The molecule has 0 bridgehead atoms. The molecule has 1 N–H and O–H groups in total. The molecular weight excluding hydrogens is 288 g/mol. The number of aromatic nitrogens is 3. The van der Waals surface area contributed by atoms with Gasteiger partial charge in [0.2, 0.25) is 0 Å². The van der Waals surface area contributed by atoms with Gasteiger partial charge in [0, 0.05) is 19.6 Å². The summed E-state index contributed by atoms with van der Waals surface area (Å²) in [6, 6.07) is 8.93. The number of methoxy groups -OCH3 is 1. The van der Waals surface area contributed by atoms with Gasteiger partial charge in [-0.25, -0.2) is 4.68 Å². The minimum Gasteiger partial charge on any atom is -0.367 e. The van der Waals surface area contributed by atoms with Gasteiger partial charge in [0.1, 0.15) is 5.60 Å². The molecule has 1 aliphatic carbocycles.